The number of rotatable bonds is 5. The lowest BCUT2D eigenvalue weighted by Crippen LogP contribution is -2.41. The third-order valence-corrected chi connectivity index (χ3v) is 7.27. The zero-order chi connectivity index (χ0) is 27.6. The van der Waals surface area contributed by atoms with Gasteiger partial charge in [-0.1, -0.05) is 11.6 Å². The van der Waals surface area contributed by atoms with Gasteiger partial charge < -0.3 is 9.64 Å². The number of fused-ring (bicyclic) bond motifs is 3. The molecule has 0 bridgehead atoms. The van der Waals surface area contributed by atoms with E-state index in [1.807, 2.05) is 0 Å². The highest BCUT2D eigenvalue weighted by Crippen LogP contribution is 2.42. The fourth-order valence-corrected chi connectivity index (χ4v) is 5.44. The van der Waals surface area contributed by atoms with Crippen LogP contribution >= 0.6 is 11.6 Å². The molecule has 4 aromatic rings. The Labute approximate surface area is 222 Å². The lowest BCUT2D eigenvalue weighted by molar-refractivity contribution is 0.0257. The number of benzene rings is 2. The first-order chi connectivity index (χ1) is 18.5. The monoisotopic (exact) mass is 564 g/mol. The van der Waals surface area contributed by atoms with E-state index in [2.05, 4.69) is 10.1 Å². The van der Waals surface area contributed by atoms with Crippen molar-refractivity contribution in [1.29, 1.82) is 0 Å². The van der Waals surface area contributed by atoms with Crippen LogP contribution in [0.3, 0.4) is 0 Å². The minimum Gasteiger partial charge on any atom is -0.492 e. The zero-order valence-electron chi connectivity index (χ0n) is 20.6. The Morgan fingerprint density at radius 1 is 1.13 bits per heavy atom. The number of hydrogen-bond donors (Lipinski definition) is 0. The first kappa shape index (κ1) is 25.4. The van der Waals surface area contributed by atoms with Crippen molar-refractivity contribution in [2.45, 2.75) is 31.9 Å². The molecule has 2 aromatic carbocycles. The maximum absolute atomic E-state index is 14.2. The molecule has 0 amide bonds. The molecule has 0 unspecified atom stereocenters. The molecule has 1 fully saturated rings. The number of ether oxygens (including phenoxy) is 1. The number of anilines is 1. The molecule has 2 aromatic heterocycles. The highest BCUT2D eigenvalue weighted by molar-refractivity contribution is 6.30. The van der Waals surface area contributed by atoms with E-state index in [0.29, 0.717) is 17.7 Å². The molecule has 6 rings (SSSR count). The first-order valence-electron chi connectivity index (χ1n) is 12.1. The normalized spacial score (nSPS) is 16.2. The Bertz CT molecular complexity index is 1740. The predicted molar refractivity (Wildman–Crippen MR) is 134 cm³/mol. The van der Waals surface area contributed by atoms with Crippen molar-refractivity contribution in [3.8, 4) is 5.75 Å². The van der Waals surface area contributed by atoms with Crippen LogP contribution < -0.4 is 20.9 Å². The second kappa shape index (κ2) is 9.11. The van der Waals surface area contributed by atoms with Crippen LogP contribution in [-0.4, -0.2) is 49.5 Å². The van der Waals surface area contributed by atoms with Gasteiger partial charge in [-0.3, -0.25) is 18.6 Å². The van der Waals surface area contributed by atoms with Gasteiger partial charge in [-0.25, -0.2) is 27.3 Å². The lowest BCUT2D eigenvalue weighted by atomic mass is 10.0. The Morgan fingerprint density at radius 3 is 2.59 bits per heavy atom. The van der Waals surface area contributed by atoms with Gasteiger partial charge in [0.05, 0.1) is 36.8 Å². The van der Waals surface area contributed by atoms with Crippen molar-refractivity contribution in [2.24, 2.45) is 7.05 Å². The van der Waals surface area contributed by atoms with Gasteiger partial charge in [-0.05, 0) is 23.8 Å². The van der Waals surface area contributed by atoms with E-state index >= 15 is 0 Å². The molecule has 9 nitrogen and oxygen atoms in total. The van der Waals surface area contributed by atoms with Crippen LogP contribution in [0, 0.1) is 11.6 Å². The molecular weight excluding hydrogens is 544 g/mol. The molecule has 1 saturated heterocycles. The zero-order valence-corrected chi connectivity index (χ0v) is 21.3. The Kier molecular flexibility index (Phi) is 5.93. The van der Waals surface area contributed by atoms with Crippen molar-refractivity contribution < 1.29 is 22.3 Å². The quantitative estimate of drug-likeness (QED) is 0.274. The van der Waals surface area contributed by atoms with Gasteiger partial charge in [0.25, 0.3) is 11.5 Å². The summed E-state index contributed by atoms with van der Waals surface area (Å²) in [5, 5.41) is 3.74. The summed E-state index contributed by atoms with van der Waals surface area (Å²) in [7, 11) is 1.63. The minimum absolute atomic E-state index is 0.0708. The van der Waals surface area contributed by atoms with Crippen molar-refractivity contribution in [2.75, 3.05) is 24.6 Å². The number of halogens is 5. The van der Waals surface area contributed by atoms with Crippen molar-refractivity contribution in [3.63, 3.8) is 0 Å². The van der Waals surface area contributed by atoms with Crippen LogP contribution in [0.2, 0.25) is 5.02 Å². The van der Waals surface area contributed by atoms with Gasteiger partial charge in [-0.2, -0.15) is 5.10 Å². The third-order valence-electron chi connectivity index (χ3n) is 6.99. The van der Waals surface area contributed by atoms with Crippen LogP contribution in [0.4, 0.5) is 23.2 Å². The Morgan fingerprint density at radius 2 is 1.92 bits per heavy atom. The fourth-order valence-electron chi connectivity index (χ4n) is 5.21. The Hall–Kier alpha value is -3.87. The van der Waals surface area contributed by atoms with E-state index < -0.39 is 40.4 Å². The summed E-state index contributed by atoms with van der Waals surface area (Å²) in [6, 6.07) is 3.61. The van der Waals surface area contributed by atoms with Crippen molar-refractivity contribution >= 4 is 28.2 Å². The van der Waals surface area contributed by atoms with Crippen LogP contribution in [0.1, 0.15) is 23.4 Å². The maximum Gasteiger partial charge on any atom is 0.332 e. The minimum atomic E-state index is -2.89. The molecule has 0 atom stereocenters. The number of aromatic nitrogens is 5. The molecule has 4 heterocycles. The lowest BCUT2D eigenvalue weighted by Gasteiger charge is -2.23. The summed E-state index contributed by atoms with van der Waals surface area (Å²) < 4.78 is 65.7. The predicted octanol–water partition coefficient (Wildman–Crippen LogP) is 3.10. The van der Waals surface area contributed by atoms with E-state index in [4.69, 9.17) is 16.3 Å². The number of aryl methyl sites for hydroxylation is 1. The largest absolute Gasteiger partial charge is 0.492 e. The second-order valence-electron chi connectivity index (χ2n) is 9.69. The van der Waals surface area contributed by atoms with Crippen LogP contribution in [0.25, 0.3) is 10.9 Å². The standard InChI is InChI=1S/C25H21ClF4N6O3/c1-33-12-31-19(32-33)10-36-23(37)20-18(35(24(36)38)9-13-6-15(26)21(28)16(27)7-13)8-17(14-2-5-39-22(14)20)34-4-3-25(29,30)11-34/h6-8,12H,2-5,9-11H2,1H3. The van der Waals surface area contributed by atoms with Crippen molar-refractivity contribution in [3.05, 3.63) is 79.0 Å². The topological polar surface area (TPSA) is 87.2 Å². The average Bonchev–Trinajstić information content (AvgIpc) is 3.61. The maximum atomic E-state index is 14.2. The molecule has 2 aliphatic heterocycles. The molecule has 14 heteroatoms. The molecule has 0 aliphatic carbocycles. The molecule has 0 N–H and O–H groups in total. The van der Waals surface area contributed by atoms with Gasteiger partial charge in [0, 0.05) is 37.7 Å². The van der Waals surface area contributed by atoms with Gasteiger partial charge in [0.2, 0.25) is 0 Å². The summed E-state index contributed by atoms with van der Waals surface area (Å²) in [5.41, 5.74) is -0.149. The van der Waals surface area contributed by atoms with Crippen molar-refractivity contribution in [1.82, 2.24) is 23.9 Å². The molecule has 2 aliphatic rings. The summed E-state index contributed by atoms with van der Waals surface area (Å²) in [5.74, 6) is -4.91. The van der Waals surface area contributed by atoms with Crippen LogP contribution in [0.5, 0.6) is 5.75 Å². The van der Waals surface area contributed by atoms with Crippen LogP contribution in [0.15, 0.2) is 34.1 Å². The second-order valence-corrected chi connectivity index (χ2v) is 10.1. The average molecular weight is 565 g/mol. The van der Waals surface area contributed by atoms with Gasteiger partial charge in [0.1, 0.15) is 17.5 Å². The summed E-state index contributed by atoms with van der Waals surface area (Å²) in [6.45, 7) is -0.768. The molecule has 0 spiro atoms. The molecule has 0 saturated carbocycles. The SMILES string of the molecule is Cn1cnc(Cn2c(=O)c3c4c(c(N5CCC(F)(F)C5)cc3n(Cc3cc(F)c(F)c(Cl)c3)c2=O)CCO4)n1. The molecule has 0 radical (unpaired) electrons. The van der Waals surface area contributed by atoms with E-state index in [1.54, 1.807) is 7.05 Å². The number of alkyl halides is 2. The van der Waals surface area contributed by atoms with Gasteiger partial charge in [-0.15, -0.1) is 0 Å². The number of nitrogens with zero attached hydrogens (tertiary/aromatic N) is 6. The van der Waals surface area contributed by atoms with E-state index in [-0.39, 0.29) is 60.7 Å². The summed E-state index contributed by atoms with van der Waals surface area (Å²) >= 11 is 5.85. The highest BCUT2D eigenvalue weighted by Gasteiger charge is 2.40. The first-order valence-corrected chi connectivity index (χ1v) is 12.5. The van der Waals surface area contributed by atoms with Gasteiger partial charge in [0.15, 0.2) is 17.5 Å². The smallest absolute Gasteiger partial charge is 0.332 e. The number of hydrogen-bond acceptors (Lipinski definition) is 6. The van der Waals surface area contributed by atoms with Crippen LogP contribution in [-0.2, 0) is 26.6 Å². The Balaban J connectivity index is 1.62. The highest BCUT2D eigenvalue weighted by atomic mass is 35.5. The van der Waals surface area contributed by atoms with E-state index in [0.717, 1.165) is 10.6 Å². The summed E-state index contributed by atoms with van der Waals surface area (Å²) in [4.78, 5) is 33.1. The van der Waals surface area contributed by atoms with E-state index in [9.17, 15) is 27.2 Å². The van der Waals surface area contributed by atoms with Gasteiger partial charge >= 0.3 is 5.69 Å². The summed E-state index contributed by atoms with van der Waals surface area (Å²) in [6.07, 6.45) is 1.48. The van der Waals surface area contributed by atoms with E-state index in [1.165, 1.54) is 32.6 Å². The fraction of sp³-hybridized carbons (Fsp3) is 0.360. The molecule has 39 heavy (non-hydrogen) atoms. The molecular formula is C25H21ClF4N6O3. The molecule has 204 valence electrons. The third kappa shape index (κ3) is 4.34.